The summed E-state index contributed by atoms with van der Waals surface area (Å²) in [5.41, 5.74) is 0.871. The van der Waals surface area contributed by atoms with Crippen LogP contribution in [0.15, 0.2) is 30.5 Å². The van der Waals surface area contributed by atoms with Gasteiger partial charge in [0.25, 0.3) is 0 Å². The van der Waals surface area contributed by atoms with Crippen LogP contribution in [0, 0.1) is 5.82 Å². The maximum absolute atomic E-state index is 12.9. The van der Waals surface area contributed by atoms with E-state index in [1.54, 1.807) is 6.07 Å². The second-order valence-corrected chi connectivity index (χ2v) is 4.30. The third kappa shape index (κ3) is 4.13. The van der Waals surface area contributed by atoms with Gasteiger partial charge in [-0.3, -0.25) is 4.68 Å². The third-order valence-electron chi connectivity index (χ3n) is 2.75. The number of hydrogen-bond acceptors (Lipinski definition) is 4. The zero-order chi connectivity index (χ0) is 14.4. The van der Waals surface area contributed by atoms with Gasteiger partial charge in [-0.25, -0.2) is 9.18 Å². The maximum Gasteiger partial charge on any atom is 0.358 e. The van der Waals surface area contributed by atoms with Crippen LogP contribution in [0.4, 0.5) is 4.39 Å². The second-order valence-electron chi connectivity index (χ2n) is 4.30. The van der Waals surface area contributed by atoms with Gasteiger partial charge in [0.05, 0.1) is 12.7 Å². The fourth-order valence-corrected chi connectivity index (χ4v) is 1.75. The van der Waals surface area contributed by atoms with E-state index >= 15 is 0 Å². The number of benzene rings is 1. The first kappa shape index (κ1) is 14.1. The molecule has 0 saturated heterocycles. The molecule has 0 bridgehead atoms. The number of nitrogens with zero attached hydrogens (tertiary/aromatic N) is 3. The second kappa shape index (κ2) is 6.76. The van der Waals surface area contributed by atoms with Crippen LogP contribution in [0.25, 0.3) is 0 Å². The number of nitrogens with one attached hydrogen (secondary N) is 1. The zero-order valence-corrected chi connectivity index (χ0v) is 10.8. The Morgan fingerprint density at radius 3 is 2.95 bits per heavy atom. The molecule has 2 N–H and O–H groups in total. The summed E-state index contributed by atoms with van der Waals surface area (Å²) in [6.45, 7) is 1.88. The fourth-order valence-electron chi connectivity index (χ4n) is 1.75. The molecule has 0 fully saturated rings. The number of carboxylic acids is 1. The van der Waals surface area contributed by atoms with E-state index in [9.17, 15) is 9.18 Å². The summed E-state index contributed by atoms with van der Waals surface area (Å²) in [6, 6.07) is 6.49. The van der Waals surface area contributed by atoms with Crippen LogP contribution in [-0.2, 0) is 13.0 Å². The summed E-state index contributed by atoms with van der Waals surface area (Å²) in [4.78, 5) is 10.6. The third-order valence-corrected chi connectivity index (χ3v) is 2.75. The average Bonchev–Trinajstić information content (AvgIpc) is 2.87. The first-order valence-corrected chi connectivity index (χ1v) is 6.24. The van der Waals surface area contributed by atoms with E-state index in [2.05, 4.69) is 15.6 Å². The Bertz CT molecular complexity index is 585. The molecule has 0 aliphatic rings. The summed E-state index contributed by atoms with van der Waals surface area (Å²) in [6.07, 6.45) is 2.12. The van der Waals surface area contributed by atoms with Crippen molar-refractivity contribution in [2.75, 3.05) is 13.1 Å². The highest BCUT2D eigenvalue weighted by Crippen LogP contribution is 2.03. The number of aromatic carboxylic acids is 1. The van der Waals surface area contributed by atoms with Gasteiger partial charge in [-0.1, -0.05) is 17.3 Å². The molecule has 20 heavy (non-hydrogen) atoms. The SMILES string of the molecule is O=C(O)c1cn(CCNCCc2cccc(F)c2)nn1. The summed E-state index contributed by atoms with van der Waals surface area (Å²) in [7, 11) is 0. The number of carbonyl (C=O) groups is 1. The number of halogens is 1. The van der Waals surface area contributed by atoms with Crippen molar-refractivity contribution in [1.29, 1.82) is 0 Å². The fraction of sp³-hybridized carbons (Fsp3) is 0.308. The molecule has 6 nitrogen and oxygen atoms in total. The lowest BCUT2D eigenvalue weighted by molar-refractivity contribution is 0.0690. The standard InChI is InChI=1S/C13H15FN4O2/c14-11-3-1-2-10(8-11)4-5-15-6-7-18-9-12(13(19)20)16-17-18/h1-3,8-9,15H,4-7H2,(H,19,20). The van der Waals surface area contributed by atoms with Gasteiger partial charge in [0, 0.05) is 6.54 Å². The lowest BCUT2D eigenvalue weighted by Crippen LogP contribution is -2.22. The van der Waals surface area contributed by atoms with Crippen molar-refractivity contribution in [3.63, 3.8) is 0 Å². The molecule has 0 spiro atoms. The summed E-state index contributed by atoms with van der Waals surface area (Å²) >= 11 is 0. The summed E-state index contributed by atoms with van der Waals surface area (Å²) in [5, 5.41) is 19.1. The zero-order valence-electron chi connectivity index (χ0n) is 10.8. The molecule has 0 amide bonds. The van der Waals surface area contributed by atoms with Crippen LogP contribution in [0.5, 0.6) is 0 Å². The van der Waals surface area contributed by atoms with Crippen LogP contribution in [0.2, 0.25) is 0 Å². The lowest BCUT2D eigenvalue weighted by Gasteiger charge is -2.04. The predicted molar refractivity (Wildman–Crippen MR) is 70.0 cm³/mol. The number of aromatic nitrogens is 3. The van der Waals surface area contributed by atoms with Crippen molar-refractivity contribution in [3.8, 4) is 0 Å². The van der Waals surface area contributed by atoms with E-state index in [-0.39, 0.29) is 11.5 Å². The molecular weight excluding hydrogens is 263 g/mol. The number of hydrogen-bond donors (Lipinski definition) is 2. The van der Waals surface area contributed by atoms with Gasteiger partial charge < -0.3 is 10.4 Å². The van der Waals surface area contributed by atoms with E-state index in [1.807, 2.05) is 6.07 Å². The molecule has 7 heteroatoms. The molecule has 1 aromatic carbocycles. The largest absolute Gasteiger partial charge is 0.476 e. The molecule has 106 valence electrons. The van der Waals surface area contributed by atoms with Crippen molar-refractivity contribution in [1.82, 2.24) is 20.3 Å². The van der Waals surface area contributed by atoms with Crippen LogP contribution >= 0.6 is 0 Å². The highest BCUT2D eigenvalue weighted by atomic mass is 19.1. The molecule has 1 aromatic heterocycles. The lowest BCUT2D eigenvalue weighted by atomic mass is 10.1. The van der Waals surface area contributed by atoms with Crippen molar-refractivity contribution in [3.05, 3.63) is 47.5 Å². The monoisotopic (exact) mass is 278 g/mol. The van der Waals surface area contributed by atoms with Gasteiger partial charge in [-0.05, 0) is 30.7 Å². The Kier molecular flexibility index (Phi) is 4.78. The number of rotatable bonds is 7. The average molecular weight is 278 g/mol. The van der Waals surface area contributed by atoms with Gasteiger partial charge in [0.15, 0.2) is 5.69 Å². The van der Waals surface area contributed by atoms with E-state index in [1.165, 1.54) is 23.0 Å². The normalized spacial score (nSPS) is 10.7. The van der Waals surface area contributed by atoms with E-state index in [0.717, 1.165) is 12.0 Å². The van der Waals surface area contributed by atoms with Gasteiger partial charge in [-0.2, -0.15) is 0 Å². The van der Waals surface area contributed by atoms with Gasteiger partial charge in [0.2, 0.25) is 0 Å². The van der Waals surface area contributed by atoms with Crippen LogP contribution in [-0.4, -0.2) is 39.2 Å². The Morgan fingerprint density at radius 1 is 1.40 bits per heavy atom. The Labute approximate surface area is 115 Å². The minimum atomic E-state index is -1.09. The van der Waals surface area contributed by atoms with E-state index < -0.39 is 5.97 Å². The smallest absolute Gasteiger partial charge is 0.358 e. The molecule has 0 aliphatic carbocycles. The molecule has 0 atom stereocenters. The van der Waals surface area contributed by atoms with Gasteiger partial charge in [0.1, 0.15) is 5.82 Å². The predicted octanol–water partition coefficient (Wildman–Crippen LogP) is 0.948. The van der Waals surface area contributed by atoms with E-state index in [4.69, 9.17) is 5.11 Å². The topological polar surface area (TPSA) is 80.0 Å². The first-order valence-electron chi connectivity index (χ1n) is 6.24. The molecule has 2 rings (SSSR count). The maximum atomic E-state index is 12.9. The molecule has 0 unspecified atom stereocenters. The van der Waals surface area contributed by atoms with Crippen molar-refractivity contribution < 1.29 is 14.3 Å². The minimum Gasteiger partial charge on any atom is -0.476 e. The Balaban J connectivity index is 1.67. The van der Waals surface area contributed by atoms with Crippen LogP contribution in [0.3, 0.4) is 0 Å². The number of carboxylic acid groups (broad SMARTS) is 1. The Morgan fingerprint density at radius 2 is 2.25 bits per heavy atom. The molecule has 0 radical (unpaired) electrons. The first-order chi connectivity index (χ1) is 9.65. The quantitative estimate of drug-likeness (QED) is 0.737. The van der Waals surface area contributed by atoms with E-state index in [0.29, 0.717) is 19.6 Å². The highest BCUT2D eigenvalue weighted by molar-refractivity contribution is 5.84. The molecule has 1 heterocycles. The van der Waals surface area contributed by atoms with Crippen LogP contribution in [0.1, 0.15) is 16.1 Å². The van der Waals surface area contributed by atoms with Gasteiger partial charge >= 0.3 is 5.97 Å². The summed E-state index contributed by atoms with van der Waals surface area (Å²) in [5.74, 6) is -1.32. The van der Waals surface area contributed by atoms with Crippen molar-refractivity contribution >= 4 is 5.97 Å². The molecule has 2 aromatic rings. The summed E-state index contributed by atoms with van der Waals surface area (Å²) < 4.78 is 14.4. The van der Waals surface area contributed by atoms with Gasteiger partial charge in [-0.15, -0.1) is 5.10 Å². The highest BCUT2D eigenvalue weighted by Gasteiger charge is 2.07. The molecule has 0 saturated carbocycles. The Hall–Kier alpha value is -2.28. The minimum absolute atomic E-state index is 0.0650. The molecular formula is C13H15FN4O2. The van der Waals surface area contributed by atoms with Crippen molar-refractivity contribution in [2.45, 2.75) is 13.0 Å². The molecule has 0 aliphatic heterocycles. The van der Waals surface area contributed by atoms with Crippen molar-refractivity contribution in [2.24, 2.45) is 0 Å². The van der Waals surface area contributed by atoms with Crippen LogP contribution < -0.4 is 5.32 Å².